The Bertz CT molecular complexity index is 551. The van der Waals surface area contributed by atoms with Crippen LogP contribution in [-0.4, -0.2) is 22.2 Å². The van der Waals surface area contributed by atoms with Gasteiger partial charge in [0.15, 0.2) is 0 Å². The number of rotatable bonds is 6. The molecular weight excluding hydrogens is 252 g/mol. The third-order valence-electron chi connectivity index (χ3n) is 3.16. The Kier molecular flexibility index (Phi) is 4.90. The van der Waals surface area contributed by atoms with Gasteiger partial charge in [-0.3, -0.25) is 9.48 Å². The monoisotopic (exact) mass is 272 g/mol. The first-order valence-electron chi connectivity index (χ1n) is 6.72. The highest BCUT2D eigenvalue weighted by molar-refractivity contribution is 5.78. The number of hydrogen-bond acceptors (Lipinski definition) is 3. The number of benzene rings is 1. The van der Waals surface area contributed by atoms with Gasteiger partial charge >= 0.3 is 0 Å². The number of nitrogens with one attached hydrogen (secondary N) is 1. The van der Waals surface area contributed by atoms with Gasteiger partial charge in [0, 0.05) is 31.4 Å². The van der Waals surface area contributed by atoms with Crippen LogP contribution in [0.5, 0.6) is 0 Å². The fourth-order valence-corrected chi connectivity index (χ4v) is 1.89. The number of aromatic nitrogens is 2. The van der Waals surface area contributed by atoms with Gasteiger partial charge in [-0.25, -0.2) is 0 Å². The summed E-state index contributed by atoms with van der Waals surface area (Å²) in [7, 11) is 0. The molecule has 0 aliphatic heterocycles. The van der Waals surface area contributed by atoms with Gasteiger partial charge in [-0.05, 0) is 17.2 Å². The van der Waals surface area contributed by atoms with Crippen molar-refractivity contribution in [1.82, 2.24) is 15.1 Å². The number of carbonyl (C=O) groups excluding carboxylic acids is 1. The zero-order chi connectivity index (χ0) is 14.4. The highest BCUT2D eigenvalue weighted by Gasteiger charge is 2.09. The van der Waals surface area contributed by atoms with Gasteiger partial charge in [0.05, 0.1) is 6.54 Å². The summed E-state index contributed by atoms with van der Waals surface area (Å²) in [6.45, 7) is 3.44. The molecule has 0 fully saturated rings. The van der Waals surface area contributed by atoms with Crippen LogP contribution >= 0.6 is 0 Å². The van der Waals surface area contributed by atoms with Gasteiger partial charge in [-0.2, -0.15) is 5.10 Å². The molecule has 1 unspecified atom stereocenters. The maximum Gasteiger partial charge on any atom is 0.224 e. The Labute approximate surface area is 118 Å². The van der Waals surface area contributed by atoms with Gasteiger partial charge in [0.2, 0.25) is 5.91 Å². The van der Waals surface area contributed by atoms with E-state index >= 15 is 0 Å². The molecule has 20 heavy (non-hydrogen) atoms. The van der Waals surface area contributed by atoms with E-state index in [0.29, 0.717) is 13.1 Å². The second-order valence-electron chi connectivity index (χ2n) is 4.88. The summed E-state index contributed by atoms with van der Waals surface area (Å²) in [5.41, 5.74) is 7.71. The minimum Gasteiger partial charge on any atom is -0.352 e. The fourth-order valence-electron chi connectivity index (χ4n) is 1.89. The lowest BCUT2D eigenvalue weighted by atomic mass is 10.1. The maximum absolute atomic E-state index is 11.7. The van der Waals surface area contributed by atoms with Crippen molar-refractivity contribution in [3.05, 3.63) is 53.9 Å². The zero-order valence-corrected chi connectivity index (χ0v) is 11.6. The highest BCUT2D eigenvalue weighted by atomic mass is 16.1. The third kappa shape index (κ3) is 3.93. The van der Waals surface area contributed by atoms with E-state index in [1.165, 1.54) is 0 Å². The Balaban J connectivity index is 1.94. The number of amides is 1. The smallest absolute Gasteiger partial charge is 0.224 e. The normalized spacial score (nSPS) is 12.1. The fraction of sp³-hybridized carbons (Fsp3) is 0.333. The first-order chi connectivity index (χ1) is 9.69. The van der Waals surface area contributed by atoms with Crippen LogP contribution in [-0.2, 0) is 17.9 Å². The standard InChI is InChI=1S/C15H20N4O/c1-12(9-16)15(20)17-10-13-4-2-5-14(8-13)11-19-7-3-6-18-19/h2-8,12H,9-11,16H2,1H3,(H,17,20). The number of carbonyl (C=O) groups is 1. The topological polar surface area (TPSA) is 72.9 Å². The van der Waals surface area contributed by atoms with Crippen LogP contribution in [0.25, 0.3) is 0 Å². The van der Waals surface area contributed by atoms with Crippen LogP contribution in [0, 0.1) is 5.92 Å². The van der Waals surface area contributed by atoms with Crippen molar-refractivity contribution in [3.63, 3.8) is 0 Å². The first-order valence-corrected chi connectivity index (χ1v) is 6.72. The lowest BCUT2D eigenvalue weighted by Gasteiger charge is -2.11. The summed E-state index contributed by atoms with van der Waals surface area (Å²) in [5, 5.41) is 7.08. The Morgan fingerprint density at radius 3 is 2.90 bits per heavy atom. The highest BCUT2D eigenvalue weighted by Crippen LogP contribution is 2.07. The van der Waals surface area contributed by atoms with Gasteiger partial charge in [0.25, 0.3) is 0 Å². The molecular formula is C15H20N4O. The van der Waals surface area contributed by atoms with Crippen molar-refractivity contribution >= 4 is 5.91 Å². The average Bonchev–Trinajstić information content (AvgIpc) is 2.97. The Hall–Kier alpha value is -2.14. The maximum atomic E-state index is 11.7. The van der Waals surface area contributed by atoms with E-state index in [9.17, 15) is 4.79 Å². The van der Waals surface area contributed by atoms with Crippen LogP contribution < -0.4 is 11.1 Å². The minimum atomic E-state index is -0.151. The lowest BCUT2D eigenvalue weighted by molar-refractivity contribution is -0.124. The molecule has 1 heterocycles. The van der Waals surface area contributed by atoms with E-state index in [-0.39, 0.29) is 11.8 Å². The largest absolute Gasteiger partial charge is 0.352 e. The average molecular weight is 272 g/mol. The van der Waals surface area contributed by atoms with E-state index in [2.05, 4.69) is 22.5 Å². The van der Waals surface area contributed by atoms with Gasteiger partial charge in [-0.15, -0.1) is 0 Å². The molecule has 1 atom stereocenters. The molecule has 5 heteroatoms. The molecule has 0 radical (unpaired) electrons. The summed E-state index contributed by atoms with van der Waals surface area (Å²) < 4.78 is 1.87. The molecule has 0 saturated carbocycles. The molecule has 1 aromatic heterocycles. The summed E-state index contributed by atoms with van der Waals surface area (Å²) >= 11 is 0. The molecule has 2 aromatic rings. The van der Waals surface area contributed by atoms with Crippen LogP contribution in [0.4, 0.5) is 0 Å². The Morgan fingerprint density at radius 1 is 1.40 bits per heavy atom. The van der Waals surface area contributed by atoms with E-state index < -0.39 is 0 Å². The second-order valence-corrected chi connectivity index (χ2v) is 4.88. The first kappa shape index (κ1) is 14.3. The SMILES string of the molecule is CC(CN)C(=O)NCc1cccc(Cn2cccn2)c1. The zero-order valence-electron chi connectivity index (χ0n) is 11.6. The molecule has 1 amide bonds. The number of hydrogen-bond donors (Lipinski definition) is 2. The van der Waals surface area contributed by atoms with Gasteiger partial charge < -0.3 is 11.1 Å². The van der Waals surface area contributed by atoms with Crippen molar-refractivity contribution in [3.8, 4) is 0 Å². The second kappa shape index (κ2) is 6.86. The summed E-state index contributed by atoms with van der Waals surface area (Å²) in [6.07, 6.45) is 3.69. The lowest BCUT2D eigenvalue weighted by Crippen LogP contribution is -2.32. The van der Waals surface area contributed by atoms with Crippen LogP contribution in [0.3, 0.4) is 0 Å². The molecule has 1 aromatic carbocycles. The van der Waals surface area contributed by atoms with Crippen molar-refractivity contribution in [2.45, 2.75) is 20.0 Å². The van der Waals surface area contributed by atoms with E-state index in [4.69, 9.17) is 5.73 Å². The van der Waals surface area contributed by atoms with E-state index in [1.807, 2.05) is 36.0 Å². The van der Waals surface area contributed by atoms with Crippen LogP contribution in [0.15, 0.2) is 42.7 Å². The summed E-state index contributed by atoms with van der Waals surface area (Å²) in [4.78, 5) is 11.7. The molecule has 0 aliphatic rings. The van der Waals surface area contributed by atoms with E-state index in [0.717, 1.165) is 17.7 Å². The summed E-state index contributed by atoms with van der Waals surface area (Å²) in [5.74, 6) is -0.160. The predicted octanol–water partition coefficient (Wildman–Crippen LogP) is 1.14. The number of nitrogens with zero attached hydrogens (tertiary/aromatic N) is 2. The van der Waals surface area contributed by atoms with Crippen molar-refractivity contribution in [1.29, 1.82) is 0 Å². The molecule has 0 bridgehead atoms. The molecule has 5 nitrogen and oxygen atoms in total. The molecule has 0 spiro atoms. The quantitative estimate of drug-likeness (QED) is 0.828. The van der Waals surface area contributed by atoms with Gasteiger partial charge in [0.1, 0.15) is 0 Å². The van der Waals surface area contributed by atoms with Crippen LogP contribution in [0.1, 0.15) is 18.1 Å². The van der Waals surface area contributed by atoms with Crippen LogP contribution in [0.2, 0.25) is 0 Å². The predicted molar refractivity (Wildman–Crippen MR) is 77.8 cm³/mol. The van der Waals surface area contributed by atoms with E-state index in [1.54, 1.807) is 6.20 Å². The number of nitrogens with two attached hydrogens (primary N) is 1. The van der Waals surface area contributed by atoms with Gasteiger partial charge in [-0.1, -0.05) is 31.2 Å². The summed E-state index contributed by atoms with van der Waals surface area (Å²) in [6, 6.07) is 10.0. The molecule has 3 N–H and O–H groups in total. The van der Waals surface area contributed by atoms with Crippen molar-refractivity contribution in [2.24, 2.45) is 11.7 Å². The molecule has 0 aliphatic carbocycles. The molecule has 2 rings (SSSR count). The van der Waals surface area contributed by atoms with Crippen molar-refractivity contribution < 1.29 is 4.79 Å². The Morgan fingerprint density at radius 2 is 2.20 bits per heavy atom. The third-order valence-corrected chi connectivity index (χ3v) is 3.16. The molecule has 0 saturated heterocycles. The van der Waals surface area contributed by atoms with Crippen molar-refractivity contribution in [2.75, 3.05) is 6.54 Å². The minimum absolute atomic E-state index is 0.00928. The molecule has 106 valence electrons.